The average molecular weight is 755 g/mol. The van der Waals surface area contributed by atoms with E-state index in [0.717, 1.165) is 24.5 Å². The van der Waals surface area contributed by atoms with Crippen LogP contribution in [-0.4, -0.2) is 84.8 Å². The summed E-state index contributed by atoms with van der Waals surface area (Å²) in [5.41, 5.74) is -2.22. The van der Waals surface area contributed by atoms with Crippen LogP contribution in [0.3, 0.4) is 0 Å². The van der Waals surface area contributed by atoms with Gasteiger partial charge in [0.15, 0.2) is 6.61 Å². The van der Waals surface area contributed by atoms with Gasteiger partial charge in [0, 0.05) is 31.8 Å². The zero-order chi connectivity index (χ0) is 37.1. The van der Waals surface area contributed by atoms with Gasteiger partial charge in [0.2, 0.25) is 11.8 Å². The first-order valence-corrected chi connectivity index (χ1v) is 19.4. The normalized spacial score (nSPS) is 21.7. The number of rotatable bonds is 12. The number of amides is 3. The molecule has 3 atom stereocenters. The van der Waals surface area contributed by atoms with Gasteiger partial charge in [0.25, 0.3) is 11.1 Å². The third kappa shape index (κ3) is 10.3. The van der Waals surface area contributed by atoms with Gasteiger partial charge in [-0.3, -0.25) is 14.9 Å². The maximum Gasteiger partial charge on any atom is 0.422 e. The summed E-state index contributed by atoms with van der Waals surface area (Å²) in [6, 6.07) is 4.17. The van der Waals surface area contributed by atoms with Gasteiger partial charge in [-0.05, 0) is 49.3 Å². The van der Waals surface area contributed by atoms with E-state index >= 15 is 4.39 Å². The standard InChI is InChI=1S/C29H33F7N6O6SSi/c1-26(17-9-16(5-6-18(17)30)41-22(43)19-11-38-21(12-37-19)47-14-29(34,35)36)20-10-27(20,23(44)39-13-28(31,32)33)49-25(42-26)48-24(45)40-15-46-7-8-50(2,3)4/h5-6,9,11-12,20H,7-8,10,13-15H2,1-4H3,(H,39,44)(H,40,45)(H,41,43)/t20-,26+,27-/m0/s1. The Balaban J connectivity index is 1.55. The minimum atomic E-state index is -4.72. The van der Waals surface area contributed by atoms with E-state index in [4.69, 9.17) is 9.47 Å². The molecule has 2 heterocycles. The molecule has 2 aliphatic rings. The van der Waals surface area contributed by atoms with Gasteiger partial charge in [-0.1, -0.05) is 19.6 Å². The molecule has 0 radical (unpaired) electrons. The highest BCUT2D eigenvalue weighted by Crippen LogP contribution is 2.66. The predicted molar refractivity (Wildman–Crippen MR) is 169 cm³/mol. The first kappa shape index (κ1) is 38.8. The van der Waals surface area contributed by atoms with Crippen LogP contribution in [0, 0.1) is 11.7 Å². The highest BCUT2D eigenvalue weighted by molar-refractivity contribution is 8.15. The number of alkyl carbamates (subject to hydrolysis) is 1. The number of aliphatic imine (C=N–C) groups is 1. The molecule has 274 valence electrons. The van der Waals surface area contributed by atoms with Crippen LogP contribution >= 0.6 is 11.8 Å². The topological polar surface area (TPSA) is 153 Å². The van der Waals surface area contributed by atoms with E-state index in [2.05, 4.69) is 50.0 Å². The Bertz CT molecular complexity index is 1630. The number of fused-ring (bicyclic) bond motifs is 1. The molecule has 0 unspecified atom stereocenters. The fourth-order valence-corrected chi connectivity index (χ4v) is 7.11. The fraction of sp³-hybridized carbons (Fsp3) is 0.517. The second-order valence-corrected chi connectivity index (χ2v) is 19.7. The van der Waals surface area contributed by atoms with Crippen LogP contribution in [-0.2, 0) is 19.8 Å². The molecule has 0 bridgehead atoms. The molecule has 0 spiro atoms. The molecule has 50 heavy (non-hydrogen) atoms. The third-order valence-electron chi connectivity index (χ3n) is 7.52. The Morgan fingerprint density at radius 2 is 1.76 bits per heavy atom. The molecule has 3 amide bonds. The van der Waals surface area contributed by atoms with E-state index < -0.39 is 84.6 Å². The highest BCUT2D eigenvalue weighted by Gasteiger charge is 2.71. The van der Waals surface area contributed by atoms with Crippen molar-refractivity contribution in [2.24, 2.45) is 10.9 Å². The maximum atomic E-state index is 15.5. The number of hydrogen-bond donors (Lipinski definition) is 3. The molecule has 1 aliphatic carbocycles. The molecule has 21 heteroatoms. The number of nitrogens with zero attached hydrogens (tertiary/aromatic N) is 3. The molecule has 12 nitrogen and oxygen atoms in total. The summed E-state index contributed by atoms with van der Waals surface area (Å²) in [7, 11) is -1.40. The van der Waals surface area contributed by atoms with Crippen molar-refractivity contribution < 1.29 is 59.3 Å². The van der Waals surface area contributed by atoms with Crippen LogP contribution in [0.2, 0.25) is 25.7 Å². The van der Waals surface area contributed by atoms with Crippen molar-refractivity contribution in [3.05, 3.63) is 47.7 Å². The van der Waals surface area contributed by atoms with Crippen molar-refractivity contribution >= 4 is 48.7 Å². The van der Waals surface area contributed by atoms with Crippen LogP contribution in [0.4, 0.5) is 41.2 Å². The summed E-state index contributed by atoms with van der Waals surface area (Å²) in [6.45, 7) is 4.74. The van der Waals surface area contributed by atoms with Gasteiger partial charge in [0.1, 0.15) is 29.5 Å². The summed E-state index contributed by atoms with van der Waals surface area (Å²) in [5.74, 6) is -4.12. The molecule has 1 aromatic heterocycles. The Morgan fingerprint density at radius 3 is 2.38 bits per heavy atom. The Hall–Kier alpha value is -3.98. The third-order valence-corrected chi connectivity index (χ3v) is 10.6. The van der Waals surface area contributed by atoms with Crippen LogP contribution < -0.4 is 20.7 Å². The van der Waals surface area contributed by atoms with Crippen molar-refractivity contribution in [2.45, 2.75) is 61.7 Å². The van der Waals surface area contributed by atoms with Gasteiger partial charge in [-0.25, -0.2) is 24.1 Å². The van der Waals surface area contributed by atoms with Crippen molar-refractivity contribution in [1.29, 1.82) is 0 Å². The number of benzene rings is 1. The number of carbonyl (C=O) groups is 3. The number of halogens is 7. The molecular formula is C29H33F7N6O6SSi. The molecule has 3 N–H and O–H groups in total. The Labute approximate surface area is 286 Å². The number of carbonyl (C=O) groups excluding carboxylic acids is 3. The number of nitrogens with one attached hydrogen (secondary N) is 3. The number of ether oxygens (including phenoxy) is 3. The smallest absolute Gasteiger partial charge is 0.422 e. The summed E-state index contributed by atoms with van der Waals surface area (Å²) < 4.78 is 105. The summed E-state index contributed by atoms with van der Waals surface area (Å²) in [4.78, 5) is 50.4. The number of hydrogen-bond acceptors (Lipinski definition) is 10. The molecule has 1 fully saturated rings. The Morgan fingerprint density at radius 1 is 1.04 bits per heavy atom. The SMILES string of the molecule is C[C@]1(c2cc(NC(=O)c3cnc(OCC(F)(F)F)cn3)ccc2F)N=C(OC(=O)NCOCC[Si](C)(C)C)S[C@@]2(C(=O)NCC(F)(F)F)C[C@H]21. The van der Waals surface area contributed by atoms with Crippen LogP contribution in [0.5, 0.6) is 5.88 Å². The lowest BCUT2D eigenvalue weighted by molar-refractivity contribution is -0.154. The van der Waals surface area contributed by atoms with E-state index in [1.165, 1.54) is 19.1 Å². The number of anilines is 1. The number of aromatic nitrogens is 2. The lowest BCUT2D eigenvalue weighted by atomic mass is 9.85. The number of thioether (sulfide) groups is 1. The molecule has 2 aromatic rings. The van der Waals surface area contributed by atoms with Gasteiger partial charge < -0.3 is 24.8 Å². The van der Waals surface area contributed by atoms with Gasteiger partial charge in [-0.15, -0.1) is 0 Å². The molecule has 4 rings (SSSR count). The maximum absolute atomic E-state index is 15.5. The molecule has 1 aromatic carbocycles. The van der Waals surface area contributed by atoms with Crippen LogP contribution in [0.15, 0.2) is 35.6 Å². The summed E-state index contributed by atoms with van der Waals surface area (Å²) in [5, 5.41) is 6.25. The quantitative estimate of drug-likeness (QED) is 0.109. The monoisotopic (exact) mass is 754 g/mol. The van der Waals surface area contributed by atoms with Crippen LogP contribution in [0.1, 0.15) is 29.4 Å². The largest absolute Gasteiger partial charge is 0.467 e. The second-order valence-electron chi connectivity index (χ2n) is 12.8. The van der Waals surface area contributed by atoms with Crippen LogP contribution in [0.25, 0.3) is 0 Å². The summed E-state index contributed by atoms with van der Waals surface area (Å²) in [6.07, 6.45) is -8.77. The van der Waals surface area contributed by atoms with E-state index in [9.17, 15) is 40.7 Å². The molecule has 0 saturated heterocycles. The van der Waals surface area contributed by atoms with E-state index in [1.807, 2.05) is 5.32 Å². The van der Waals surface area contributed by atoms with E-state index in [0.29, 0.717) is 18.4 Å². The van der Waals surface area contributed by atoms with E-state index in [1.54, 1.807) is 0 Å². The lowest BCUT2D eigenvalue weighted by Crippen LogP contribution is -2.46. The first-order chi connectivity index (χ1) is 23.1. The van der Waals surface area contributed by atoms with Crippen molar-refractivity contribution in [3.8, 4) is 5.88 Å². The number of alkyl halides is 6. The van der Waals surface area contributed by atoms with Crippen molar-refractivity contribution in [2.75, 3.05) is 31.8 Å². The molecule has 1 saturated carbocycles. The van der Waals surface area contributed by atoms with E-state index in [-0.39, 0.29) is 30.1 Å². The molecular weight excluding hydrogens is 721 g/mol. The van der Waals surface area contributed by atoms with Gasteiger partial charge >= 0.3 is 18.4 Å². The fourth-order valence-electron chi connectivity index (χ4n) is 4.90. The van der Waals surface area contributed by atoms with Gasteiger partial charge in [0.05, 0.1) is 17.9 Å². The predicted octanol–water partition coefficient (Wildman–Crippen LogP) is 5.60. The first-order valence-electron chi connectivity index (χ1n) is 14.9. The Kier molecular flexibility index (Phi) is 11.4. The second kappa shape index (κ2) is 14.7. The minimum Gasteiger partial charge on any atom is -0.467 e. The van der Waals surface area contributed by atoms with Crippen molar-refractivity contribution in [3.63, 3.8) is 0 Å². The van der Waals surface area contributed by atoms with Crippen molar-refractivity contribution in [1.82, 2.24) is 20.6 Å². The highest BCUT2D eigenvalue weighted by atomic mass is 32.2. The lowest BCUT2D eigenvalue weighted by Gasteiger charge is -2.34. The minimum absolute atomic E-state index is 0.0105. The molecule has 1 aliphatic heterocycles. The zero-order valence-electron chi connectivity index (χ0n) is 27.1. The zero-order valence-corrected chi connectivity index (χ0v) is 28.9. The average Bonchev–Trinajstić information content (AvgIpc) is 3.75. The van der Waals surface area contributed by atoms with Gasteiger partial charge in [-0.2, -0.15) is 26.3 Å². The summed E-state index contributed by atoms with van der Waals surface area (Å²) >= 11 is 0.635.